The zero-order chi connectivity index (χ0) is 36.8. The van der Waals surface area contributed by atoms with E-state index in [1.807, 2.05) is 0 Å². The first-order valence-electron chi connectivity index (χ1n) is 13.9. The predicted octanol–water partition coefficient (Wildman–Crippen LogP) is 3.25. The van der Waals surface area contributed by atoms with E-state index in [1.54, 1.807) is 13.8 Å². The third-order valence-electron chi connectivity index (χ3n) is 7.06. The van der Waals surface area contributed by atoms with Crippen LogP contribution in [0.15, 0.2) is 51.4 Å². The molecule has 0 radical (unpaired) electrons. The molecule has 0 spiro atoms. The van der Waals surface area contributed by atoms with Crippen LogP contribution in [0, 0.1) is 10.3 Å². The Morgan fingerprint density at radius 3 is 1.41 bits per heavy atom. The van der Waals surface area contributed by atoms with Crippen LogP contribution >= 0.6 is 23.2 Å². The summed E-state index contributed by atoms with van der Waals surface area (Å²) in [6.07, 6.45) is 2.95. The van der Waals surface area contributed by atoms with Crippen molar-refractivity contribution in [3.63, 3.8) is 0 Å². The normalized spacial score (nSPS) is 12.3. The van der Waals surface area contributed by atoms with E-state index >= 15 is 0 Å². The number of carbonyl (C=O) groups is 1. The second-order valence-electron chi connectivity index (χ2n) is 9.82. The molecule has 0 saturated heterocycles. The Morgan fingerprint density at radius 1 is 0.755 bits per heavy atom. The number of hydrogen-bond acceptors (Lipinski definition) is 11. The first-order chi connectivity index (χ1) is 23.1. The molecule has 0 atom stereocenters. The van der Waals surface area contributed by atoms with Crippen LogP contribution in [-0.4, -0.2) is 70.1 Å². The molecular weight excluding hydrogens is 725 g/mol. The number of nitrogens with two attached hydrogens (primary N) is 1. The largest absolute Gasteiger partial charge is 0.493 e. The van der Waals surface area contributed by atoms with Crippen LogP contribution in [0.25, 0.3) is 12.2 Å². The summed E-state index contributed by atoms with van der Waals surface area (Å²) in [6.45, 7) is 1.40. The molecule has 15 nitrogen and oxygen atoms in total. The Kier molecular flexibility index (Phi) is 12.5. The lowest BCUT2D eigenvalue weighted by Gasteiger charge is -2.28. The molecule has 264 valence electrons. The minimum absolute atomic E-state index is 0.00405. The highest BCUT2D eigenvalue weighted by Gasteiger charge is 2.34. The number of amidine groups is 1. The summed E-state index contributed by atoms with van der Waals surface area (Å²) in [5.74, 6) is -1.53. The smallest absolute Gasteiger partial charge is 0.306 e. The number of sulfonamides is 2. The first-order valence-corrected chi connectivity index (χ1v) is 17.5. The van der Waals surface area contributed by atoms with Gasteiger partial charge in [-0.2, -0.15) is 0 Å². The van der Waals surface area contributed by atoms with Crippen LogP contribution in [0.3, 0.4) is 0 Å². The minimum atomic E-state index is -4.77. The second kappa shape index (κ2) is 15.8. The van der Waals surface area contributed by atoms with Gasteiger partial charge < -0.3 is 24.7 Å². The lowest BCUT2D eigenvalue weighted by molar-refractivity contribution is -0.116. The Balaban J connectivity index is 2.41. The van der Waals surface area contributed by atoms with Crippen LogP contribution in [0.1, 0.15) is 13.8 Å². The molecule has 19 heteroatoms. The van der Waals surface area contributed by atoms with Crippen LogP contribution in [0.5, 0.6) is 23.0 Å². The van der Waals surface area contributed by atoms with E-state index in [9.17, 15) is 26.5 Å². The number of nitrogens with zero attached hydrogens (tertiary/aromatic N) is 3. The number of halogens is 2. The summed E-state index contributed by atoms with van der Waals surface area (Å²) in [6, 6.07) is 7.17. The van der Waals surface area contributed by atoms with Gasteiger partial charge in [-0.05, 0) is 26.0 Å². The fourth-order valence-corrected chi connectivity index (χ4v) is 8.78. The van der Waals surface area contributed by atoms with Crippen LogP contribution in [0.4, 0.5) is 11.4 Å². The number of ether oxygens (including phenoxy) is 4. The van der Waals surface area contributed by atoms with Crippen molar-refractivity contribution in [1.29, 1.82) is 5.41 Å². The molecule has 0 unspecified atom stereocenters. The SMILES string of the molecule is C/C=c1/c(N(CC(=N)N)S(=O)(=O)c2cc(OC)c(OC)cc2Cl)ccc(N(CC(=O)N=O)S(=O)(=O)c2cc(OC)c(OC)cc2Cl)/c1=C/C. The molecule has 3 aromatic rings. The maximum atomic E-state index is 14.3. The molecule has 0 heterocycles. The third-order valence-corrected chi connectivity index (χ3v) is 11.5. The number of hydrogen-bond donors (Lipinski definition) is 2. The fraction of sp³-hybridized carbons (Fsp3) is 0.267. The average molecular weight is 759 g/mol. The molecule has 49 heavy (non-hydrogen) atoms. The molecule has 1 amide bonds. The Morgan fingerprint density at radius 2 is 1.10 bits per heavy atom. The molecule has 3 aromatic carbocycles. The summed E-state index contributed by atoms with van der Waals surface area (Å²) >= 11 is 12.8. The molecule has 0 aliphatic carbocycles. The molecule has 0 aliphatic rings. The number of nitrogens with one attached hydrogen (secondary N) is 1. The molecule has 0 aliphatic heterocycles. The van der Waals surface area contributed by atoms with E-state index in [0.29, 0.717) is 4.31 Å². The lowest BCUT2D eigenvalue weighted by atomic mass is 10.1. The Bertz CT molecular complexity index is 2150. The quantitative estimate of drug-likeness (QED) is 0.139. The van der Waals surface area contributed by atoms with Gasteiger partial charge in [-0.1, -0.05) is 35.4 Å². The number of amides is 1. The van der Waals surface area contributed by atoms with Crippen molar-refractivity contribution >= 4 is 78.5 Å². The summed E-state index contributed by atoms with van der Waals surface area (Å²) in [4.78, 5) is 22.7. The van der Waals surface area contributed by atoms with Crippen LogP contribution in [0.2, 0.25) is 10.0 Å². The molecule has 0 saturated carbocycles. The van der Waals surface area contributed by atoms with Crippen molar-refractivity contribution < 1.29 is 40.6 Å². The zero-order valence-electron chi connectivity index (χ0n) is 27.1. The van der Waals surface area contributed by atoms with Gasteiger partial charge in [-0.3, -0.25) is 18.8 Å². The number of rotatable bonds is 14. The average Bonchev–Trinajstić information content (AvgIpc) is 3.07. The van der Waals surface area contributed by atoms with E-state index in [2.05, 4.69) is 5.18 Å². The number of carbonyl (C=O) groups excluding carboxylic acids is 1. The van der Waals surface area contributed by atoms with Gasteiger partial charge in [-0.15, -0.1) is 4.91 Å². The molecular formula is C30H33Cl2N5O10S2. The van der Waals surface area contributed by atoms with Crippen molar-refractivity contribution in [2.75, 3.05) is 50.1 Å². The van der Waals surface area contributed by atoms with Crippen molar-refractivity contribution in [3.05, 3.63) is 61.8 Å². The van der Waals surface area contributed by atoms with Gasteiger partial charge in [0.1, 0.15) is 22.2 Å². The summed E-state index contributed by atoms with van der Waals surface area (Å²) in [7, 11) is -4.12. The van der Waals surface area contributed by atoms with Crippen molar-refractivity contribution in [1.82, 2.24) is 0 Å². The number of benzene rings is 3. The van der Waals surface area contributed by atoms with E-state index < -0.39 is 54.7 Å². The maximum absolute atomic E-state index is 14.3. The van der Waals surface area contributed by atoms with Gasteiger partial charge in [0.25, 0.3) is 20.0 Å². The standard InChI is InChI=1S/C30H33Cl2N5O10S2/c1-7-17-18(8-2)22(37(16-30(38)35-39)49(42,43)28-14-26(47-6)24(45-4)12-20(28)32)10-9-21(17)36(15-29(33)34)48(40,41)27-13-25(46-5)23(44-3)11-19(27)31/h7-14H,15-16H2,1-6H3,(H3,33,34)/b17-7+,18-8+. The highest BCUT2D eigenvalue weighted by molar-refractivity contribution is 7.93. The van der Waals surface area contributed by atoms with Crippen LogP contribution in [-0.2, 0) is 24.8 Å². The summed E-state index contributed by atoms with van der Waals surface area (Å²) < 4.78 is 79.4. The predicted molar refractivity (Wildman–Crippen MR) is 187 cm³/mol. The van der Waals surface area contributed by atoms with Gasteiger partial charge in [0.05, 0.1) is 56.4 Å². The molecule has 0 fully saturated rings. The highest BCUT2D eigenvalue weighted by Crippen LogP contribution is 2.39. The van der Waals surface area contributed by atoms with E-state index in [1.165, 1.54) is 64.9 Å². The molecule has 3 rings (SSSR count). The van der Waals surface area contributed by atoms with E-state index in [-0.39, 0.29) is 54.9 Å². The van der Waals surface area contributed by atoms with E-state index in [0.717, 1.165) is 16.4 Å². The van der Waals surface area contributed by atoms with Gasteiger partial charge in [0, 0.05) is 39.9 Å². The third kappa shape index (κ3) is 7.69. The van der Waals surface area contributed by atoms with Crippen LogP contribution < -0.4 is 43.7 Å². The lowest BCUT2D eigenvalue weighted by Crippen LogP contribution is -2.46. The Hall–Kier alpha value is -4.58. The fourth-order valence-electron chi connectivity index (χ4n) is 4.86. The second-order valence-corrected chi connectivity index (χ2v) is 14.3. The summed E-state index contributed by atoms with van der Waals surface area (Å²) in [5, 5.41) is 10.1. The van der Waals surface area contributed by atoms with Crippen molar-refractivity contribution in [2.24, 2.45) is 10.9 Å². The molecule has 0 aromatic heterocycles. The monoisotopic (exact) mass is 757 g/mol. The Labute approximate surface area is 293 Å². The van der Waals surface area contributed by atoms with Gasteiger partial charge in [0.2, 0.25) is 0 Å². The number of nitroso groups, excluding NO2 is 1. The van der Waals surface area contributed by atoms with Gasteiger partial charge in [0.15, 0.2) is 23.0 Å². The number of anilines is 2. The topological polar surface area (TPSA) is 208 Å². The van der Waals surface area contributed by atoms with E-state index in [4.69, 9.17) is 53.3 Å². The zero-order valence-corrected chi connectivity index (χ0v) is 30.3. The molecule has 0 bridgehead atoms. The van der Waals surface area contributed by atoms with Crippen molar-refractivity contribution in [2.45, 2.75) is 23.6 Å². The molecule has 3 N–H and O–H groups in total. The summed E-state index contributed by atoms with van der Waals surface area (Å²) in [5.41, 5.74) is 5.53. The number of methoxy groups -OCH3 is 4. The minimum Gasteiger partial charge on any atom is -0.493 e. The van der Waals surface area contributed by atoms with Gasteiger partial charge >= 0.3 is 5.91 Å². The van der Waals surface area contributed by atoms with Crippen molar-refractivity contribution in [3.8, 4) is 23.0 Å². The van der Waals surface area contributed by atoms with Gasteiger partial charge in [-0.25, -0.2) is 16.8 Å². The first kappa shape index (κ1) is 38.9. The maximum Gasteiger partial charge on any atom is 0.306 e. The highest BCUT2D eigenvalue weighted by atomic mass is 35.5.